The fourth-order valence-corrected chi connectivity index (χ4v) is 4.02. The first kappa shape index (κ1) is 19.8. The van der Waals surface area contributed by atoms with Gasteiger partial charge in [-0.3, -0.25) is 4.79 Å². The first-order chi connectivity index (χ1) is 14.5. The Balaban J connectivity index is 1.99. The third kappa shape index (κ3) is 3.59. The minimum atomic E-state index is -0.836. The largest absolute Gasteiger partial charge is 0.481 e. The molecular formula is C25H25N3O2. The summed E-state index contributed by atoms with van der Waals surface area (Å²) in [4.78, 5) is 21.7. The van der Waals surface area contributed by atoms with Crippen LogP contribution in [-0.4, -0.2) is 25.6 Å². The predicted molar refractivity (Wildman–Crippen MR) is 119 cm³/mol. The molecule has 0 saturated carbocycles. The summed E-state index contributed by atoms with van der Waals surface area (Å²) < 4.78 is 2.06. The van der Waals surface area contributed by atoms with Crippen LogP contribution in [0.15, 0.2) is 60.8 Å². The van der Waals surface area contributed by atoms with Crippen LogP contribution in [0, 0.1) is 6.92 Å². The van der Waals surface area contributed by atoms with E-state index in [0.717, 1.165) is 28.5 Å². The van der Waals surface area contributed by atoms with Gasteiger partial charge in [0.1, 0.15) is 0 Å². The minimum absolute atomic E-state index is 0.545. The molecule has 0 radical (unpaired) electrons. The molecule has 0 amide bonds. The van der Waals surface area contributed by atoms with E-state index in [0.29, 0.717) is 29.2 Å². The smallest absolute Gasteiger partial charge is 0.311 e. The Hall–Kier alpha value is -3.47. The second kappa shape index (κ2) is 8.11. The average molecular weight is 399 g/mol. The number of aromatic nitrogens is 3. The molecule has 1 atom stereocenters. The number of hydrogen-bond acceptors (Lipinski definition) is 3. The van der Waals surface area contributed by atoms with E-state index in [-0.39, 0.29) is 0 Å². The quantitative estimate of drug-likeness (QED) is 0.460. The molecule has 2 aromatic heterocycles. The zero-order chi connectivity index (χ0) is 21.3. The van der Waals surface area contributed by atoms with Crippen molar-refractivity contribution in [2.24, 2.45) is 7.05 Å². The third-order valence-corrected chi connectivity index (χ3v) is 5.55. The number of carboxylic acids is 1. The molecule has 4 aromatic rings. The number of aryl methyl sites for hydroxylation is 2. The Morgan fingerprint density at radius 3 is 2.53 bits per heavy atom. The van der Waals surface area contributed by atoms with Gasteiger partial charge in [-0.05, 0) is 30.9 Å². The fourth-order valence-electron chi connectivity index (χ4n) is 4.02. The van der Waals surface area contributed by atoms with Gasteiger partial charge in [-0.1, -0.05) is 55.8 Å². The number of aliphatic carboxylic acids is 1. The predicted octanol–water partition coefficient (Wildman–Crippen LogP) is 5.58. The molecule has 4 rings (SSSR count). The zero-order valence-corrected chi connectivity index (χ0v) is 17.5. The van der Waals surface area contributed by atoms with Crippen LogP contribution in [0.3, 0.4) is 0 Å². The van der Waals surface area contributed by atoms with Crippen molar-refractivity contribution in [1.29, 1.82) is 0 Å². The van der Waals surface area contributed by atoms with Crippen molar-refractivity contribution in [3.05, 3.63) is 72.1 Å². The van der Waals surface area contributed by atoms with Crippen molar-refractivity contribution in [2.45, 2.75) is 32.6 Å². The SMILES string of the molecule is CCCC(C(=O)O)c1c(C)nc(-c2ccccc2)nc1-c1ccc2ccn(C)c2c1. The topological polar surface area (TPSA) is 68.0 Å². The summed E-state index contributed by atoms with van der Waals surface area (Å²) >= 11 is 0. The zero-order valence-electron chi connectivity index (χ0n) is 17.5. The number of rotatable bonds is 6. The number of hydrogen-bond donors (Lipinski definition) is 1. The molecule has 0 saturated heterocycles. The van der Waals surface area contributed by atoms with Gasteiger partial charge in [0.25, 0.3) is 0 Å². The second-order valence-corrected chi connectivity index (χ2v) is 7.64. The molecule has 30 heavy (non-hydrogen) atoms. The van der Waals surface area contributed by atoms with E-state index >= 15 is 0 Å². The van der Waals surface area contributed by atoms with Crippen molar-refractivity contribution in [3.63, 3.8) is 0 Å². The van der Waals surface area contributed by atoms with Gasteiger partial charge in [-0.25, -0.2) is 9.97 Å². The molecule has 0 spiro atoms. The highest BCUT2D eigenvalue weighted by Gasteiger charge is 2.27. The van der Waals surface area contributed by atoms with E-state index in [4.69, 9.17) is 9.97 Å². The highest BCUT2D eigenvalue weighted by molar-refractivity contribution is 5.87. The fraction of sp³-hybridized carbons (Fsp3) is 0.240. The molecular weight excluding hydrogens is 374 g/mol. The summed E-state index contributed by atoms with van der Waals surface area (Å²) in [7, 11) is 2.00. The molecule has 0 fully saturated rings. The number of fused-ring (bicyclic) bond motifs is 1. The van der Waals surface area contributed by atoms with E-state index in [1.807, 2.05) is 63.5 Å². The lowest BCUT2D eigenvalue weighted by Gasteiger charge is -2.19. The van der Waals surface area contributed by atoms with Crippen LogP contribution in [0.5, 0.6) is 0 Å². The third-order valence-electron chi connectivity index (χ3n) is 5.55. The number of benzene rings is 2. The van der Waals surface area contributed by atoms with Gasteiger partial charge in [0.2, 0.25) is 0 Å². The van der Waals surface area contributed by atoms with Gasteiger partial charge < -0.3 is 9.67 Å². The van der Waals surface area contributed by atoms with Gasteiger partial charge in [0, 0.05) is 41.1 Å². The molecule has 2 heterocycles. The normalized spacial score (nSPS) is 12.2. The summed E-state index contributed by atoms with van der Waals surface area (Å²) in [5.74, 6) is -0.865. The maximum atomic E-state index is 12.1. The maximum absolute atomic E-state index is 12.1. The lowest BCUT2D eigenvalue weighted by atomic mass is 9.89. The summed E-state index contributed by atoms with van der Waals surface area (Å²) in [6, 6.07) is 18.0. The van der Waals surface area contributed by atoms with Crippen molar-refractivity contribution in [1.82, 2.24) is 14.5 Å². The van der Waals surface area contributed by atoms with Gasteiger partial charge in [0.15, 0.2) is 5.82 Å². The van der Waals surface area contributed by atoms with E-state index in [1.54, 1.807) is 0 Å². The Kier molecular flexibility index (Phi) is 5.36. The standard InChI is InChI=1S/C25H25N3O2/c1-4-8-20(25(29)30)22-16(2)26-24(18-9-6-5-7-10-18)27-23(22)19-12-11-17-13-14-28(3)21(17)15-19/h5-7,9-15,20H,4,8H2,1-3H3,(H,29,30). The van der Waals surface area contributed by atoms with Gasteiger partial charge in [-0.2, -0.15) is 0 Å². The lowest BCUT2D eigenvalue weighted by molar-refractivity contribution is -0.139. The van der Waals surface area contributed by atoms with Crippen LogP contribution < -0.4 is 0 Å². The van der Waals surface area contributed by atoms with E-state index in [1.165, 1.54) is 0 Å². The van der Waals surface area contributed by atoms with Gasteiger partial charge in [-0.15, -0.1) is 0 Å². The van der Waals surface area contributed by atoms with Crippen LogP contribution >= 0.6 is 0 Å². The summed E-state index contributed by atoms with van der Waals surface area (Å²) in [6.07, 6.45) is 3.34. The number of nitrogens with zero attached hydrogens (tertiary/aromatic N) is 3. The van der Waals surface area contributed by atoms with Crippen molar-refractivity contribution >= 4 is 16.9 Å². The highest BCUT2D eigenvalue weighted by Crippen LogP contribution is 2.35. The Morgan fingerprint density at radius 2 is 1.83 bits per heavy atom. The molecule has 5 heteroatoms. The molecule has 0 aliphatic rings. The molecule has 5 nitrogen and oxygen atoms in total. The monoisotopic (exact) mass is 399 g/mol. The molecule has 1 unspecified atom stereocenters. The van der Waals surface area contributed by atoms with Crippen LogP contribution in [0.25, 0.3) is 33.5 Å². The van der Waals surface area contributed by atoms with Gasteiger partial charge in [0.05, 0.1) is 11.6 Å². The minimum Gasteiger partial charge on any atom is -0.481 e. The lowest BCUT2D eigenvalue weighted by Crippen LogP contribution is -2.16. The van der Waals surface area contributed by atoms with E-state index in [2.05, 4.69) is 22.8 Å². The Morgan fingerprint density at radius 1 is 1.07 bits per heavy atom. The molecule has 0 bridgehead atoms. The first-order valence-electron chi connectivity index (χ1n) is 10.2. The Bertz CT molecular complexity index is 1210. The van der Waals surface area contributed by atoms with Crippen molar-refractivity contribution < 1.29 is 9.90 Å². The summed E-state index contributed by atoms with van der Waals surface area (Å²) in [5, 5.41) is 11.1. The summed E-state index contributed by atoms with van der Waals surface area (Å²) in [5.41, 5.74) is 5.02. The summed E-state index contributed by atoms with van der Waals surface area (Å²) in [6.45, 7) is 3.89. The molecule has 0 aliphatic carbocycles. The molecule has 0 aliphatic heterocycles. The van der Waals surface area contributed by atoms with Crippen LogP contribution in [0.2, 0.25) is 0 Å². The van der Waals surface area contributed by atoms with Crippen LogP contribution in [-0.2, 0) is 11.8 Å². The van der Waals surface area contributed by atoms with Crippen LogP contribution in [0.4, 0.5) is 0 Å². The average Bonchev–Trinajstić information content (AvgIpc) is 3.12. The molecule has 1 N–H and O–H groups in total. The van der Waals surface area contributed by atoms with Crippen LogP contribution in [0.1, 0.15) is 36.9 Å². The number of carbonyl (C=O) groups is 1. The van der Waals surface area contributed by atoms with E-state index < -0.39 is 11.9 Å². The first-order valence-corrected chi connectivity index (χ1v) is 10.2. The van der Waals surface area contributed by atoms with Crippen molar-refractivity contribution in [3.8, 4) is 22.6 Å². The van der Waals surface area contributed by atoms with Gasteiger partial charge >= 0.3 is 5.97 Å². The van der Waals surface area contributed by atoms with E-state index in [9.17, 15) is 9.90 Å². The Labute approximate surface area is 176 Å². The molecule has 2 aromatic carbocycles. The molecule has 152 valence electrons. The number of carboxylic acid groups (broad SMARTS) is 1. The maximum Gasteiger partial charge on any atom is 0.311 e. The second-order valence-electron chi connectivity index (χ2n) is 7.64. The highest BCUT2D eigenvalue weighted by atomic mass is 16.4. The van der Waals surface area contributed by atoms with Crippen molar-refractivity contribution in [2.75, 3.05) is 0 Å².